The predicted octanol–water partition coefficient (Wildman–Crippen LogP) is 3.27. The summed E-state index contributed by atoms with van der Waals surface area (Å²) in [6.07, 6.45) is -0.428. The molecule has 5 rings (SSSR count). The Labute approximate surface area is 188 Å². The predicted molar refractivity (Wildman–Crippen MR) is 116 cm³/mol. The summed E-state index contributed by atoms with van der Waals surface area (Å²) >= 11 is 3.34. The van der Waals surface area contributed by atoms with E-state index in [-0.39, 0.29) is 12.4 Å². The fraction of sp³-hybridized carbons (Fsp3) is 0.435. The van der Waals surface area contributed by atoms with Gasteiger partial charge in [0.2, 0.25) is 0 Å². The number of halogens is 1. The van der Waals surface area contributed by atoms with Crippen molar-refractivity contribution >= 4 is 21.7 Å². The van der Waals surface area contributed by atoms with Crippen molar-refractivity contribution < 1.29 is 33.6 Å². The monoisotopic (exact) mass is 493 g/mol. The van der Waals surface area contributed by atoms with E-state index in [9.17, 15) is 9.90 Å². The number of carbonyl (C=O) groups is 1. The summed E-state index contributed by atoms with van der Waals surface area (Å²) in [4.78, 5) is 13.6. The molecule has 0 fully saturated rings. The van der Waals surface area contributed by atoms with E-state index in [2.05, 4.69) is 15.9 Å². The van der Waals surface area contributed by atoms with Crippen molar-refractivity contribution in [1.29, 1.82) is 0 Å². The molecule has 2 aromatic rings. The van der Waals surface area contributed by atoms with Gasteiger partial charge in [0.25, 0.3) is 0 Å². The lowest BCUT2D eigenvalue weighted by Gasteiger charge is -2.37. The number of alkyl halides is 1. The number of hydrogen-bond donors (Lipinski definition) is 1. The third kappa shape index (κ3) is 3.07. The topological polar surface area (TPSA) is 83.5 Å². The Morgan fingerprint density at radius 1 is 1.16 bits per heavy atom. The molecule has 0 radical (unpaired) electrons. The molecular weight excluding hydrogens is 470 g/mol. The van der Waals surface area contributed by atoms with Crippen molar-refractivity contribution in [3.63, 3.8) is 0 Å². The second-order valence-corrected chi connectivity index (χ2v) is 8.84. The van der Waals surface area contributed by atoms with E-state index in [0.717, 1.165) is 11.1 Å². The summed E-state index contributed by atoms with van der Waals surface area (Å²) in [6.45, 7) is 1.96. The van der Waals surface area contributed by atoms with Crippen LogP contribution in [0.15, 0.2) is 24.3 Å². The summed E-state index contributed by atoms with van der Waals surface area (Å²) < 4.78 is 29.0. The third-order valence-electron chi connectivity index (χ3n) is 6.28. The quantitative estimate of drug-likeness (QED) is 0.655. The zero-order chi connectivity index (χ0) is 21.9. The molecule has 1 unspecified atom stereocenters. The summed E-state index contributed by atoms with van der Waals surface area (Å²) in [7, 11) is 3.12. The number of benzene rings is 2. The fourth-order valence-electron chi connectivity index (χ4n) is 4.50. The zero-order valence-corrected chi connectivity index (χ0v) is 19.0. The molecule has 0 saturated carbocycles. The minimum atomic E-state index is -1.05. The molecule has 0 spiro atoms. The van der Waals surface area contributed by atoms with Gasteiger partial charge in [0.05, 0.1) is 25.7 Å². The van der Waals surface area contributed by atoms with Crippen molar-refractivity contribution in [3.8, 4) is 28.7 Å². The Morgan fingerprint density at radius 2 is 1.90 bits per heavy atom. The van der Waals surface area contributed by atoms with Crippen LogP contribution in [0.4, 0.5) is 0 Å². The standard InChI is InChI=1S/C23H23BrO7/c1-23(26,10-24)19-7-13-14(30-19)5-4-11-21(25)20-12-6-16(27-2)17(28-3)8-15(12)29-9-18(20)31-22(11)13/h4-6,8,18-20,26H,7,9-10H2,1-3H3/t18-,19?,20+,23-/m1/s1/i24+2. The summed E-state index contributed by atoms with van der Waals surface area (Å²) in [5.41, 5.74) is 1.01. The van der Waals surface area contributed by atoms with Crippen molar-refractivity contribution in [2.75, 3.05) is 26.2 Å². The van der Waals surface area contributed by atoms with Crippen molar-refractivity contribution in [2.45, 2.75) is 37.1 Å². The number of ketones is 1. The number of ether oxygens (including phenoxy) is 5. The highest BCUT2D eigenvalue weighted by Crippen LogP contribution is 2.50. The number of aliphatic hydroxyl groups is 1. The molecule has 164 valence electrons. The molecule has 0 saturated heterocycles. The highest BCUT2D eigenvalue weighted by Gasteiger charge is 2.47. The van der Waals surface area contributed by atoms with E-state index in [1.54, 1.807) is 45.4 Å². The maximum atomic E-state index is 13.6. The lowest BCUT2D eigenvalue weighted by molar-refractivity contribution is -0.0181. The first-order valence-corrected chi connectivity index (χ1v) is 11.2. The molecule has 0 amide bonds. The van der Waals surface area contributed by atoms with Gasteiger partial charge in [0.15, 0.2) is 17.3 Å². The van der Waals surface area contributed by atoms with Gasteiger partial charge in [-0.3, -0.25) is 4.79 Å². The maximum absolute atomic E-state index is 13.6. The van der Waals surface area contributed by atoms with Crippen molar-refractivity contribution in [1.82, 2.24) is 0 Å². The summed E-state index contributed by atoms with van der Waals surface area (Å²) in [5.74, 6) is 2.32. The first-order chi connectivity index (χ1) is 14.9. The van der Waals surface area contributed by atoms with Crippen LogP contribution in [-0.2, 0) is 6.42 Å². The summed E-state index contributed by atoms with van der Waals surface area (Å²) in [6, 6.07) is 7.07. The van der Waals surface area contributed by atoms with Crippen LogP contribution in [0.3, 0.4) is 0 Å². The Balaban J connectivity index is 1.55. The molecule has 8 heteroatoms. The van der Waals surface area contributed by atoms with Crippen molar-refractivity contribution in [2.24, 2.45) is 0 Å². The highest BCUT2D eigenvalue weighted by atomic mass is 81.9. The van der Waals surface area contributed by atoms with Gasteiger partial charge < -0.3 is 28.8 Å². The van der Waals surface area contributed by atoms with Crippen LogP contribution < -0.4 is 23.7 Å². The minimum Gasteiger partial charge on any atom is -0.493 e. The third-order valence-corrected chi connectivity index (χ3v) is 7.42. The number of methoxy groups -OCH3 is 2. The van der Waals surface area contributed by atoms with Crippen molar-refractivity contribution in [3.05, 3.63) is 41.0 Å². The van der Waals surface area contributed by atoms with Gasteiger partial charge in [-0.25, -0.2) is 0 Å². The lowest BCUT2D eigenvalue weighted by atomic mass is 9.81. The smallest absolute Gasteiger partial charge is 0.178 e. The molecule has 0 aliphatic carbocycles. The van der Waals surface area contributed by atoms with E-state index in [4.69, 9.17) is 23.7 Å². The van der Waals surface area contributed by atoms with Crippen LogP contribution in [0.5, 0.6) is 28.7 Å². The molecule has 3 aliphatic heterocycles. The van der Waals surface area contributed by atoms with Gasteiger partial charge in [-0.05, 0) is 25.1 Å². The van der Waals surface area contributed by atoms with Gasteiger partial charge in [-0.1, -0.05) is 15.9 Å². The van der Waals surface area contributed by atoms with Gasteiger partial charge in [-0.2, -0.15) is 0 Å². The number of hydrogen-bond acceptors (Lipinski definition) is 7. The average molecular weight is 493 g/mol. The molecule has 31 heavy (non-hydrogen) atoms. The van der Waals surface area contributed by atoms with Gasteiger partial charge >= 0.3 is 0 Å². The van der Waals surface area contributed by atoms with Gasteiger partial charge in [0, 0.05) is 28.9 Å². The van der Waals surface area contributed by atoms with E-state index in [1.165, 1.54) is 0 Å². The summed E-state index contributed by atoms with van der Waals surface area (Å²) in [5, 5.41) is 11.0. The Bertz CT molecular complexity index is 1060. The van der Waals surface area contributed by atoms with Crippen LogP contribution in [0.25, 0.3) is 0 Å². The average Bonchev–Trinajstić information content (AvgIpc) is 3.23. The Kier molecular flexibility index (Phi) is 4.82. The first kappa shape index (κ1) is 20.5. The highest BCUT2D eigenvalue weighted by molar-refractivity contribution is 9.09. The van der Waals surface area contributed by atoms with E-state index < -0.39 is 23.7 Å². The Morgan fingerprint density at radius 3 is 2.61 bits per heavy atom. The fourth-order valence-corrected chi connectivity index (χ4v) is 4.86. The molecule has 3 heterocycles. The molecule has 1 N–H and O–H groups in total. The second kappa shape index (κ2) is 7.31. The maximum Gasteiger partial charge on any atom is 0.178 e. The zero-order valence-electron chi connectivity index (χ0n) is 17.4. The first-order valence-electron chi connectivity index (χ1n) is 10.1. The van der Waals surface area contributed by atoms with Crippen LogP contribution in [0, 0.1) is 0 Å². The van der Waals surface area contributed by atoms with Crippen LogP contribution in [-0.4, -0.2) is 54.9 Å². The van der Waals surface area contributed by atoms with Gasteiger partial charge in [0.1, 0.15) is 41.7 Å². The van der Waals surface area contributed by atoms with Crippen LogP contribution in [0.2, 0.25) is 0 Å². The number of Topliss-reactive ketones (excluding diaryl/α,β-unsaturated/α-hetero) is 1. The molecule has 0 aromatic heterocycles. The molecule has 2 aromatic carbocycles. The number of carbonyl (C=O) groups excluding carboxylic acids is 1. The molecule has 3 aliphatic rings. The molecule has 7 nitrogen and oxygen atoms in total. The number of rotatable bonds is 4. The molecule has 4 atom stereocenters. The van der Waals surface area contributed by atoms with E-state index in [1.807, 2.05) is 0 Å². The second-order valence-electron chi connectivity index (χ2n) is 8.27. The lowest BCUT2D eigenvalue weighted by Crippen LogP contribution is -2.44. The Hall–Kier alpha value is -2.45. The number of fused-ring (bicyclic) bond motifs is 6. The van der Waals surface area contributed by atoms with Gasteiger partial charge in [-0.15, -0.1) is 0 Å². The SMILES string of the molecule is COc1cc2c(cc1OC)[C@@H]1C(=O)c3ccc4c(c3O[C@@H]1CO2)CC([C@](C)(O)C[82Br])O4. The molecular formula is C23H23BrO7. The van der Waals surface area contributed by atoms with Crippen LogP contribution in [0.1, 0.15) is 34.3 Å². The largest absolute Gasteiger partial charge is 0.493 e. The van der Waals surface area contributed by atoms with Crippen LogP contribution >= 0.6 is 15.9 Å². The minimum absolute atomic E-state index is 0.0264. The van der Waals surface area contributed by atoms with E-state index in [0.29, 0.717) is 46.1 Å². The normalized spacial score (nSPS) is 24.9. The van der Waals surface area contributed by atoms with E-state index >= 15 is 0 Å². The molecule has 0 bridgehead atoms.